The minimum atomic E-state index is -1.37. The van der Waals surface area contributed by atoms with Crippen LogP contribution in [-0.2, 0) is 4.74 Å². The maximum atomic E-state index is 9.36. The fraction of sp³-hybridized carbons (Fsp3) is 0.538. The Balaban J connectivity index is 2.13. The van der Waals surface area contributed by atoms with Gasteiger partial charge in [0.05, 0.1) is 6.10 Å². The van der Waals surface area contributed by atoms with E-state index in [1.165, 1.54) is 0 Å². The molecular formula is C13H19BO3. The predicted molar refractivity (Wildman–Crippen MR) is 68.3 cm³/mol. The van der Waals surface area contributed by atoms with Gasteiger partial charge in [-0.25, -0.2) is 0 Å². The van der Waals surface area contributed by atoms with Crippen LogP contribution in [0.25, 0.3) is 0 Å². The van der Waals surface area contributed by atoms with E-state index in [0.29, 0.717) is 17.5 Å². The second-order valence-electron chi connectivity index (χ2n) is 4.71. The molecule has 3 nitrogen and oxygen atoms in total. The van der Waals surface area contributed by atoms with Crippen LogP contribution in [-0.4, -0.2) is 30.4 Å². The lowest BCUT2D eigenvalue weighted by molar-refractivity contribution is 0.0659. The maximum Gasteiger partial charge on any atom is 0.488 e. The van der Waals surface area contributed by atoms with Crippen LogP contribution in [0.5, 0.6) is 0 Å². The van der Waals surface area contributed by atoms with E-state index >= 15 is 0 Å². The van der Waals surface area contributed by atoms with E-state index in [4.69, 9.17) is 4.74 Å². The van der Waals surface area contributed by atoms with Crippen molar-refractivity contribution in [2.75, 3.05) is 7.11 Å². The molecule has 0 spiro atoms. The van der Waals surface area contributed by atoms with Gasteiger partial charge < -0.3 is 14.8 Å². The van der Waals surface area contributed by atoms with Crippen LogP contribution < -0.4 is 5.46 Å². The molecule has 1 fully saturated rings. The Morgan fingerprint density at radius 3 is 2.35 bits per heavy atom. The summed E-state index contributed by atoms with van der Waals surface area (Å²) in [6.07, 6.45) is 4.59. The van der Waals surface area contributed by atoms with E-state index in [-0.39, 0.29) is 0 Å². The molecule has 1 saturated carbocycles. The first-order valence-corrected chi connectivity index (χ1v) is 6.20. The highest BCUT2D eigenvalue weighted by Crippen LogP contribution is 2.33. The van der Waals surface area contributed by atoms with E-state index in [2.05, 4.69) is 0 Å². The monoisotopic (exact) mass is 234 g/mol. The van der Waals surface area contributed by atoms with Gasteiger partial charge in [0.25, 0.3) is 0 Å². The second kappa shape index (κ2) is 5.67. The van der Waals surface area contributed by atoms with Crippen molar-refractivity contribution in [1.82, 2.24) is 0 Å². The smallest absolute Gasteiger partial charge is 0.423 e. The third kappa shape index (κ3) is 2.89. The van der Waals surface area contributed by atoms with E-state index in [9.17, 15) is 10.0 Å². The minimum absolute atomic E-state index is 0.373. The van der Waals surface area contributed by atoms with E-state index in [0.717, 1.165) is 31.2 Å². The molecule has 17 heavy (non-hydrogen) atoms. The van der Waals surface area contributed by atoms with Crippen molar-refractivity contribution >= 4 is 12.6 Å². The fourth-order valence-corrected chi connectivity index (χ4v) is 2.73. The number of benzene rings is 1. The standard InChI is InChI=1S/C13H19BO3/c1-17-11-8-6-10(7-9-11)12-4-2-3-5-13(12)14(15)16/h2-5,10-11,15-16H,6-9H2,1H3. The molecule has 0 amide bonds. The average molecular weight is 234 g/mol. The van der Waals surface area contributed by atoms with Crippen LogP contribution in [0.4, 0.5) is 0 Å². The molecule has 4 heteroatoms. The lowest BCUT2D eigenvalue weighted by atomic mass is 9.71. The minimum Gasteiger partial charge on any atom is -0.423 e. The highest BCUT2D eigenvalue weighted by Gasteiger charge is 2.26. The summed E-state index contributed by atoms with van der Waals surface area (Å²) in [6, 6.07) is 7.61. The summed E-state index contributed by atoms with van der Waals surface area (Å²) in [7, 11) is 0.391. The topological polar surface area (TPSA) is 49.7 Å². The summed E-state index contributed by atoms with van der Waals surface area (Å²) in [5.41, 5.74) is 1.73. The Labute approximate surface area is 103 Å². The van der Waals surface area contributed by atoms with Gasteiger partial charge in [0.1, 0.15) is 0 Å². The number of hydrogen-bond donors (Lipinski definition) is 2. The zero-order valence-corrected chi connectivity index (χ0v) is 10.2. The molecule has 92 valence electrons. The molecule has 0 heterocycles. The van der Waals surface area contributed by atoms with Gasteiger partial charge in [0.15, 0.2) is 0 Å². The van der Waals surface area contributed by atoms with Gasteiger partial charge in [-0.1, -0.05) is 24.3 Å². The zero-order chi connectivity index (χ0) is 12.3. The third-order valence-corrected chi connectivity index (χ3v) is 3.72. The Morgan fingerprint density at radius 1 is 1.12 bits per heavy atom. The Morgan fingerprint density at radius 2 is 1.76 bits per heavy atom. The molecule has 1 aromatic carbocycles. The van der Waals surface area contributed by atoms with Crippen LogP contribution in [0.1, 0.15) is 37.2 Å². The molecular weight excluding hydrogens is 215 g/mol. The van der Waals surface area contributed by atoms with Gasteiger partial charge in [0.2, 0.25) is 0 Å². The molecule has 0 aliphatic heterocycles. The van der Waals surface area contributed by atoms with Crippen LogP contribution in [0.15, 0.2) is 24.3 Å². The first kappa shape index (κ1) is 12.6. The van der Waals surface area contributed by atoms with E-state index < -0.39 is 7.12 Å². The fourth-order valence-electron chi connectivity index (χ4n) is 2.73. The Kier molecular flexibility index (Phi) is 4.21. The summed E-state index contributed by atoms with van der Waals surface area (Å²) in [4.78, 5) is 0. The quantitative estimate of drug-likeness (QED) is 0.768. The number of ether oxygens (including phenoxy) is 1. The number of rotatable bonds is 3. The van der Waals surface area contributed by atoms with Crippen LogP contribution in [0.2, 0.25) is 0 Å². The lowest BCUT2D eigenvalue weighted by Gasteiger charge is -2.29. The van der Waals surface area contributed by atoms with Crippen LogP contribution in [0.3, 0.4) is 0 Å². The Hall–Kier alpha value is -0.835. The van der Waals surface area contributed by atoms with Gasteiger partial charge in [-0.05, 0) is 42.6 Å². The van der Waals surface area contributed by atoms with Gasteiger partial charge in [-0.15, -0.1) is 0 Å². The summed E-state index contributed by atoms with van der Waals surface area (Å²) in [5.74, 6) is 0.430. The molecule has 0 bridgehead atoms. The number of methoxy groups -OCH3 is 1. The summed E-state index contributed by atoms with van der Waals surface area (Å²) in [5, 5.41) is 18.7. The maximum absolute atomic E-state index is 9.36. The molecule has 0 atom stereocenters. The predicted octanol–water partition coefficient (Wildman–Crippen LogP) is 1.04. The second-order valence-corrected chi connectivity index (χ2v) is 4.71. The van der Waals surface area contributed by atoms with Crippen molar-refractivity contribution in [3.8, 4) is 0 Å². The van der Waals surface area contributed by atoms with Crippen molar-refractivity contribution in [3.63, 3.8) is 0 Å². The molecule has 0 saturated heterocycles. The van der Waals surface area contributed by atoms with Crippen LogP contribution >= 0.6 is 0 Å². The van der Waals surface area contributed by atoms with E-state index in [1.54, 1.807) is 13.2 Å². The molecule has 2 N–H and O–H groups in total. The van der Waals surface area contributed by atoms with Crippen molar-refractivity contribution in [2.45, 2.75) is 37.7 Å². The lowest BCUT2D eigenvalue weighted by Crippen LogP contribution is -2.35. The van der Waals surface area contributed by atoms with E-state index in [1.807, 2.05) is 18.2 Å². The van der Waals surface area contributed by atoms with Crippen LogP contribution in [0, 0.1) is 0 Å². The SMILES string of the molecule is COC1CCC(c2ccccc2B(O)O)CC1. The highest BCUT2D eigenvalue weighted by atomic mass is 16.5. The van der Waals surface area contributed by atoms with Crippen molar-refractivity contribution in [2.24, 2.45) is 0 Å². The molecule has 0 aromatic heterocycles. The van der Waals surface area contributed by atoms with Gasteiger partial charge in [-0.2, -0.15) is 0 Å². The largest absolute Gasteiger partial charge is 0.488 e. The number of hydrogen-bond acceptors (Lipinski definition) is 3. The van der Waals surface area contributed by atoms with Crippen molar-refractivity contribution < 1.29 is 14.8 Å². The summed E-state index contributed by atoms with van der Waals surface area (Å²) in [6.45, 7) is 0. The molecule has 1 aliphatic rings. The molecule has 2 rings (SSSR count). The van der Waals surface area contributed by atoms with Crippen molar-refractivity contribution in [1.29, 1.82) is 0 Å². The Bertz CT molecular complexity index is 359. The highest BCUT2D eigenvalue weighted by molar-refractivity contribution is 6.59. The van der Waals surface area contributed by atoms with Gasteiger partial charge >= 0.3 is 7.12 Å². The summed E-state index contributed by atoms with van der Waals surface area (Å²) >= 11 is 0. The van der Waals surface area contributed by atoms with Gasteiger partial charge in [-0.3, -0.25) is 0 Å². The molecule has 0 unspecified atom stereocenters. The third-order valence-electron chi connectivity index (χ3n) is 3.72. The molecule has 1 aromatic rings. The first-order valence-electron chi connectivity index (χ1n) is 6.20. The molecule has 1 aliphatic carbocycles. The zero-order valence-electron chi connectivity index (χ0n) is 10.2. The van der Waals surface area contributed by atoms with Crippen molar-refractivity contribution in [3.05, 3.63) is 29.8 Å². The first-order chi connectivity index (χ1) is 8.22. The normalized spacial score (nSPS) is 24.6. The summed E-state index contributed by atoms with van der Waals surface area (Å²) < 4.78 is 5.35. The molecule has 0 radical (unpaired) electrons. The average Bonchev–Trinajstić information content (AvgIpc) is 2.39. The van der Waals surface area contributed by atoms with Gasteiger partial charge in [0, 0.05) is 7.11 Å².